The molecule has 0 aliphatic carbocycles. The first-order valence-corrected chi connectivity index (χ1v) is 11.4. The maximum atomic E-state index is 12.6. The molecule has 0 atom stereocenters. The van der Waals surface area contributed by atoms with Crippen molar-refractivity contribution >= 4 is 55.9 Å². The molecule has 10 heteroatoms. The Morgan fingerprint density at radius 3 is 2.45 bits per heavy atom. The molecule has 3 N–H and O–H groups in total. The molecule has 0 saturated carbocycles. The SMILES string of the molecule is NS(=O)(=O)c1cc(NC(=O)Cc2ccccc2Cl)cc2c1ncn2-c1ccc(Cl)cc1. The van der Waals surface area contributed by atoms with Gasteiger partial charge in [0.15, 0.2) is 0 Å². The van der Waals surface area contributed by atoms with E-state index >= 15 is 0 Å². The van der Waals surface area contributed by atoms with Crippen LogP contribution in [0.4, 0.5) is 5.69 Å². The van der Waals surface area contributed by atoms with E-state index < -0.39 is 10.0 Å². The molecule has 0 fully saturated rings. The normalized spacial score (nSPS) is 11.6. The first-order valence-electron chi connectivity index (χ1n) is 9.05. The minimum Gasteiger partial charge on any atom is -0.326 e. The monoisotopic (exact) mass is 474 g/mol. The predicted molar refractivity (Wildman–Crippen MR) is 121 cm³/mol. The van der Waals surface area contributed by atoms with Crippen LogP contribution in [0.2, 0.25) is 10.0 Å². The molecule has 0 aliphatic heterocycles. The van der Waals surface area contributed by atoms with Crippen LogP contribution in [-0.4, -0.2) is 23.9 Å². The van der Waals surface area contributed by atoms with Crippen molar-refractivity contribution in [3.05, 3.63) is 82.6 Å². The van der Waals surface area contributed by atoms with Gasteiger partial charge in [-0.15, -0.1) is 0 Å². The number of nitrogens with two attached hydrogens (primary N) is 1. The van der Waals surface area contributed by atoms with Crippen LogP contribution in [0.3, 0.4) is 0 Å². The highest BCUT2D eigenvalue weighted by molar-refractivity contribution is 7.89. The number of halogens is 2. The maximum Gasteiger partial charge on any atom is 0.240 e. The zero-order valence-corrected chi connectivity index (χ0v) is 18.2. The zero-order valence-electron chi connectivity index (χ0n) is 15.9. The Kier molecular flexibility index (Phi) is 5.72. The summed E-state index contributed by atoms with van der Waals surface area (Å²) in [7, 11) is -4.10. The van der Waals surface area contributed by atoms with Crippen molar-refractivity contribution in [2.24, 2.45) is 5.14 Å². The lowest BCUT2D eigenvalue weighted by Crippen LogP contribution is -2.17. The number of sulfonamides is 1. The molecule has 0 bridgehead atoms. The van der Waals surface area contributed by atoms with Crippen LogP contribution in [0.5, 0.6) is 0 Å². The van der Waals surface area contributed by atoms with Crippen LogP contribution in [-0.2, 0) is 21.2 Å². The third-order valence-electron chi connectivity index (χ3n) is 4.62. The van der Waals surface area contributed by atoms with Crippen LogP contribution in [0.15, 0.2) is 71.9 Å². The summed E-state index contributed by atoms with van der Waals surface area (Å²) in [6.45, 7) is 0. The van der Waals surface area contributed by atoms with Crippen molar-refractivity contribution in [3.63, 3.8) is 0 Å². The molecule has 0 saturated heterocycles. The maximum absolute atomic E-state index is 12.6. The minimum atomic E-state index is -4.10. The number of carbonyl (C=O) groups is 1. The number of nitrogens with zero attached hydrogens (tertiary/aromatic N) is 2. The number of imidazole rings is 1. The summed E-state index contributed by atoms with van der Waals surface area (Å²) >= 11 is 12.1. The molecular weight excluding hydrogens is 459 g/mol. The Bertz CT molecular complexity index is 1400. The number of anilines is 1. The second-order valence-corrected chi connectivity index (χ2v) is 9.17. The van der Waals surface area contributed by atoms with E-state index in [1.165, 1.54) is 12.4 Å². The molecule has 7 nitrogen and oxygen atoms in total. The topological polar surface area (TPSA) is 107 Å². The third kappa shape index (κ3) is 4.57. The lowest BCUT2D eigenvalue weighted by Gasteiger charge is -2.11. The van der Waals surface area contributed by atoms with E-state index in [2.05, 4.69) is 10.3 Å². The highest BCUT2D eigenvalue weighted by atomic mass is 35.5. The first kappa shape index (κ1) is 21.3. The summed E-state index contributed by atoms with van der Waals surface area (Å²) in [6.07, 6.45) is 1.51. The highest BCUT2D eigenvalue weighted by Crippen LogP contribution is 2.29. The Balaban J connectivity index is 1.76. The van der Waals surface area contributed by atoms with E-state index in [9.17, 15) is 13.2 Å². The summed E-state index contributed by atoms with van der Waals surface area (Å²) in [5.74, 6) is -0.356. The van der Waals surface area contributed by atoms with Gasteiger partial charge in [-0.25, -0.2) is 18.5 Å². The number of carbonyl (C=O) groups excluding carboxylic acids is 1. The Morgan fingerprint density at radius 2 is 1.77 bits per heavy atom. The standard InChI is InChI=1S/C21H16Cl2N4O3S/c22-14-5-7-16(8-6-14)27-12-25-21-18(27)10-15(11-19(21)31(24,29)30)26-20(28)9-13-3-1-2-4-17(13)23/h1-8,10-12H,9H2,(H,26,28)(H2,24,29,30). The summed E-state index contributed by atoms with van der Waals surface area (Å²) in [6, 6.07) is 16.9. The van der Waals surface area contributed by atoms with Gasteiger partial charge in [0.1, 0.15) is 16.7 Å². The number of amides is 1. The lowest BCUT2D eigenvalue weighted by atomic mass is 10.1. The molecule has 1 aromatic heterocycles. The van der Waals surface area contributed by atoms with Crippen LogP contribution in [0, 0.1) is 0 Å². The van der Waals surface area contributed by atoms with Gasteiger partial charge in [-0.2, -0.15) is 0 Å². The first-order chi connectivity index (χ1) is 14.7. The average Bonchev–Trinajstić information content (AvgIpc) is 3.13. The number of primary sulfonamides is 1. The van der Waals surface area contributed by atoms with Gasteiger partial charge in [0.2, 0.25) is 15.9 Å². The van der Waals surface area contributed by atoms with Gasteiger partial charge in [-0.3, -0.25) is 9.36 Å². The molecule has 1 amide bonds. The molecule has 0 unspecified atom stereocenters. The summed E-state index contributed by atoms with van der Waals surface area (Å²) in [5.41, 5.74) is 2.29. The van der Waals surface area contributed by atoms with Crippen molar-refractivity contribution in [1.82, 2.24) is 9.55 Å². The van der Waals surface area contributed by atoms with Crippen LogP contribution < -0.4 is 10.5 Å². The van der Waals surface area contributed by atoms with E-state index in [1.54, 1.807) is 59.2 Å². The molecule has 3 aromatic carbocycles. The molecule has 31 heavy (non-hydrogen) atoms. The number of nitrogens with one attached hydrogen (secondary N) is 1. The fourth-order valence-electron chi connectivity index (χ4n) is 3.20. The zero-order chi connectivity index (χ0) is 22.2. The molecule has 0 aliphatic rings. The van der Waals surface area contributed by atoms with Gasteiger partial charge in [-0.05, 0) is 48.0 Å². The molecular formula is C21H16Cl2N4O3S. The Labute approximate surface area is 188 Å². The second-order valence-electron chi connectivity index (χ2n) is 6.79. The van der Waals surface area contributed by atoms with Gasteiger partial charge < -0.3 is 5.32 Å². The largest absolute Gasteiger partial charge is 0.326 e. The quantitative estimate of drug-likeness (QED) is 0.452. The van der Waals surface area contributed by atoms with Crippen LogP contribution in [0.1, 0.15) is 5.56 Å². The Hall–Kier alpha value is -2.91. The molecule has 4 aromatic rings. The van der Waals surface area contributed by atoms with Crippen LogP contribution >= 0.6 is 23.2 Å². The highest BCUT2D eigenvalue weighted by Gasteiger charge is 2.19. The van der Waals surface area contributed by atoms with Crippen molar-refractivity contribution in [1.29, 1.82) is 0 Å². The smallest absolute Gasteiger partial charge is 0.240 e. The number of fused-ring (bicyclic) bond motifs is 1. The number of rotatable bonds is 5. The van der Waals surface area contributed by atoms with Crippen molar-refractivity contribution in [3.8, 4) is 5.69 Å². The summed E-state index contributed by atoms with van der Waals surface area (Å²) < 4.78 is 26.1. The van der Waals surface area contributed by atoms with Crippen molar-refractivity contribution < 1.29 is 13.2 Å². The third-order valence-corrected chi connectivity index (χ3v) is 6.17. The predicted octanol–water partition coefficient (Wildman–Crippen LogP) is 4.16. The minimum absolute atomic E-state index is 0.0267. The second kappa shape index (κ2) is 8.32. The molecule has 0 spiro atoms. The molecule has 1 heterocycles. The molecule has 4 rings (SSSR count). The van der Waals surface area contributed by atoms with Gasteiger partial charge in [0.25, 0.3) is 0 Å². The van der Waals surface area contributed by atoms with Crippen molar-refractivity contribution in [2.75, 3.05) is 5.32 Å². The number of benzene rings is 3. The average molecular weight is 475 g/mol. The number of hydrogen-bond donors (Lipinski definition) is 2. The molecule has 0 radical (unpaired) electrons. The van der Waals surface area contributed by atoms with Crippen molar-refractivity contribution in [2.45, 2.75) is 11.3 Å². The lowest BCUT2D eigenvalue weighted by molar-refractivity contribution is -0.115. The fraction of sp³-hybridized carbons (Fsp3) is 0.0476. The molecule has 158 valence electrons. The summed E-state index contributed by atoms with van der Waals surface area (Å²) in [4.78, 5) is 16.6. The van der Waals surface area contributed by atoms with Gasteiger partial charge in [0, 0.05) is 21.4 Å². The van der Waals surface area contributed by atoms with Gasteiger partial charge in [0.05, 0.1) is 11.9 Å². The van der Waals surface area contributed by atoms with E-state index in [0.29, 0.717) is 26.8 Å². The summed E-state index contributed by atoms with van der Waals surface area (Å²) in [5, 5.41) is 9.16. The Morgan fingerprint density at radius 1 is 1.06 bits per heavy atom. The fourth-order valence-corrected chi connectivity index (χ4v) is 4.25. The van der Waals surface area contributed by atoms with E-state index in [0.717, 1.165) is 0 Å². The number of aromatic nitrogens is 2. The van der Waals surface area contributed by atoms with E-state index in [4.69, 9.17) is 28.3 Å². The van der Waals surface area contributed by atoms with Gasteiger partial charge in [-0.1, -0.05) is 41.4 Å². The van der Waals surface area contributed by atoms with E-state index in [1.807, 2.05) is 0 Å². The van der Waals surface area contributed by atoms with Gasteiger partial charge >= 0.3 is 0 Å². The van der Waals surface area contributed by atoms with E-state index in [-0.39, 0.29) is 28.4 Å². The number of hydrogen-bond acceptors (Lipinski definition) is 4. The van der Waals surface area contributed by atoms with Crippen LogP contribution in [0.25, 0.3) is 16.7 Å².